The van der Waals surface area contributed by atoms with Crippen LogP contribution in [0.2, 0.25) is 0 Å². The Morgan fingerprint density at radius 3 is 2.60 bits per heavy atom. The number of pyridine rings is 1. The lowest BCUT2D eigenvalue weighted by Gasteiger charge is -2.22. The van der Waals surface area contributed by atoms with Crippen LogP contribution in [0.25, 0.3) is 38.0 Å². The molecule has 1 saturated carbocycles. The van der Waals surface area contributed by atoms with Gasteiger partial charge in [0.15, 0.2) is 5.69 Å². The van der Waals surface area contributed by atoms with Crippen LogP contribution in [0.1, 0.15) is 60.3 Å². The summed E-state index contributed by atoms with van der Waals surface area (Å²) in [7, 11) is 1.86. The molecule has 0 radical (unpaired) electrons. The molecule has 1 fully saturated rings. The van der Waals surface area contributed by atoms with Crippen molar-refractivity contribution in [1.29, 1.82) is 0 Å². The van der Waals surface area contributed by atoms with Gasteiger partial charge in [-0.3, -0.25) is 0 Å². The van der Waals surface area contributed by atoms with E-state index in [2.05, 4.69) is 4.85 Å². The van der Waals surface area contributed by atoms with Crippen LogP contribution in [0.3, 0.4) is 0 Å². The molecule has 0 amide bonds. The van der Waals surface area contributed by atoms with Crippen molar-refractivity contribution >= 4 is 27.6 Å². The van der Waals surface area contributed by atoms with E-state index < -0.39 is 5.89 Å². The van der Waals surface area contributed by atoms with Gasteiger partial charge >= 0.3 is 0 Å². The van der Waals surface area contributed by atoms with Crippen molar-refractivity contribution in [3.63, 3.8) is 0 Å². The molecule has 4 aromatic rings. The molecule has 2 heterocycles. The molecule has 150 valence electrons. The second kappa shape index (κ2) is 7.29. The lowest BCUT2D eigenvalue weighted by atomic mass is 9.83. The van der Waals surface area contributed by atoms with Gasteiger partial charge in [-0.2, -0.15) is 4.57 Å². The van der Waals surface area contributed by atoms with Crippen molar-refractivity contribution in [1.82, 2.24) is 0 Å². The Kier molecular flexibility index (Phi) is 3.60. The Morgan fingerprint density at radius 1 is 1.07 bits per heavy atom. The maximum atomic E-state index is 9.26. The number of fused-ring (bicyclic) bond motifs is 3. The highest BCUT2D eigenvalue weighted by atomic mass is 16.3. The van der Waals surface area contributed by atoms with E-state index in [9.17, 15) is 2.74 Å². The lowest BCUT2D eigenvalue weighted by Crippen LogP contribution is -2.35. The number of aromatic nitrogens is 1. The number of benzene rings is 2. The SMILES string of the molecule is [2H]c1cc([N+]#[C-])c2oc3c(-c4c([2H])c(C5([2H])CCCCC5)c([2H])c(C)[n+]4C)c(C)ccc3c2c1. The molecular weight excluding hydrogens is 368 g/mol. The highest BCUT2D eigenvalue weighted by Gasteiger charge is 2.25. The van der Waals surface area contributed by atoms with Crippen molar-refractivity contribution in [3.05, 3.63) is 70.6 Å². The van der Waals surface area contributed by atoms with E-state index >= 15 is 0 Å². The Bertz CT molecular complexity index is 1520. The Balaban J connectivity index is 1.90. The molecule has 2 aromatic heterocycles. The minimum atomic E-state index is -0.937. The van der Waals surface area contributed by atoms with Crippen LogP contribution >= 0.6 is 0 Å². The Morgan fingerprint density at radius 2 is 1.83 bits per heavy atom. The van der Waals surface area contributed by atoms with Gasteiger partial charge in [0.1, 0.15) is 18.2 Å². The minimum absolute atomic E-state index is 0.206. The van der Waals surface area contributed by atoms with Crippen LogP contribution in [0.5, 0.6) is 0 Å². The number of furan rings is 1. The molecule has 0 spiro atoms. The third-order valence-electron chi connectivity index (χ3n) is 6.34. The van der Waals surface area contributed by atoms with Gasteiger partial charge in [-0.05, 0) is 36.8 Å². The van der Waals surface area contributed by atoms with E-state index in [1.54, 1.807) is 6.07 Å². The molecule has 0 unspecified atom stereocenters. The summed E-state index contributed by atoms with van der Waals surface area (Å²) in [5.41, 5.74) is 4.80. The van der Waals surface area contributed by atoms with Crippen molar-refractivity contribution in [2.24, 2.45) is 7.05 Å². The normalized spacial score (nSPS) is 17.9. The Hall–Kier alpha value is -3.12. The molecular formula is C27H27N2O+. The number of hydrogen-bond donors (Lipinski definition) is 0. The molecule has 1 aliphatic rings. The molecule has 0 atom stereocenters. The van der Waals surface area contributed by atoms with Gasteiger partial charge in [0.25, 0.3) is 0 Å². The van der Waals surface area contributed by atoms with E-state index in [1.165, 1.54) is 6.07 Å². The standard InChI is InChI=1S/C27H27N2O/c1-17-13-14-22-21-11-8-12-23(28-3)26(21)30-27(22)25(17)24-16-20(15-18(2)29(24)4)19-9-6-5-7-10-19/h8,11-16,19H,5-7,9-10H2,1-2,4H3/q+1/i8D,15D,16D,19D. The first-order chi connectivity index (χ1) is 16.2. The molecule has 3 heteroatoms. The van der Waals surface area contributed by atoms with E-state index in [0.717, 1.165) is 35.8 Å². The zero-order valence-corrected chi connectivity index (χ0v) is 17.6. The molecule has 2 aromatic carbocycles. The van der Waals surface area contributed by atoms with E-state index in [0.29, 0.717) is 52.0 Å². The number of rotatable bonds is 2. The number of para-hydroxylation sites is 1. The summed E-state index contributed by atoms with van der Waals surface area (Å²) >= 11 is 0. The molecule has 3 nitrogen and oxygen atoms in total. The molecule has 5 rings (SSSR count). The monoisotopic (exact) mass is 399 g/mol. The van der Waals surface area contributed by atoms with Crippen LogP contribution in [-0.2, 0) is 7.05 Å². The first-order valence-electron chi connectivity index (χ1n) is 12.5. The van der Waals surface area contributed by atoms with Crippen molar-refractivity contribution in [2.45, 2.75) is 51.8 Å². The third-order valence-corrected chi connectivity index (χ3v) is 6.34. The van der Waals surface area contributed by atoms with Crippen LogP contribution < -0.4 is 4.57 Å². The average Bonchev–Trinajstić information content (AvgIpc) is 3.17. The third kappa shape index (κ3) is 2.91. The maximum absolute atomic E-state index is 9.26. The quantitative estimate of drug-likeness (QED) is 0.256. The number of hydrogen-bond acceptors (Lipinski definition) is 1. The zero-order chi connectivity index (χ0) is 24.4. The number of nitrogens with zero attached hydrogens (tertiary/aromatic N) is 2. The summed E-state index contributed by atoms with van der Waals surface area (Å²) in [4.78, 5) is 3.57. The van der Waals surface area contributed by atoms with Crippen LogP contribution in [-0.4, -0.2) is 0 Å². The second-order valence-corrected chi connectivity index (χ2v) is 8.21. The van der Waals surface area contributed by atoms with Crippen molar-refractivity contribution < 1.29 is 14.5 Å². The summed E-state index contributed by atoms with van der Waals surface area (Å²) in [6.07, 6.45) is 4.28. The summed E-state index contributed by atoms with van der Waals surface area (Å²) in [6.45, 7) is 11.4. The van der Waals surface area contributed by atoms with Crippen molar-refractivity contribution in [3.8, 4) is 11.3 Å². The predicted molar refractivity (Wildman–Crippen MR) is 122 cm³/mol. The van der Waals surface area contributed by atoms with Gasteiger partial charge in [-0.15, -0.1) is 0 Å². The average molecular weight is 400 g/mol. The largest absolute Gasteiger partial charge is 0.466 e. The van der Waals surface area contributed by atoms with E-state index in [4.69, 9.17) is 13.7 Å². The fraction of sp³-hybridized carbons (Fsp3) is 0.333. The highest BCUT2D eigenvalue weighted by molar-refractivity contribution is 6.12. The smallest absolute Gasteiger partial charge is 0.229 e. The first kappa shape index (κ1) is 14.8. The van der Waals surface area contributed by atoms with Gasteiger partial charge in [0.05, 0.1) is 16.2 Å². The van der Waals surface area contributed by atoms with E-state index in [1.807, 2.05) is 37.6 Å². The van der Waals surface area contributed by atoms with Gasteiger partial charge < -0.3 is 4.42 Å². The van der Waals surface area contributed by atoms with Crippen LogP contribution in [0, 0.1) is 20.4 Å². The van der Waals surface area contributed by atoms with Gasteiger partial charge in [-0.25, -0.2) is 4.85 Å². The summed E-state index contributed by atoms with van der Waals surface area (Å²) < 4.78 is 43.6. The topological polar surface area (TPSA) is 21.4 Å². The summed E-state index contributed by atoms with van der Waals surface area (Å²) in [5, 5.41) is 1.50. The predicted octanol–water partition coefficient (Wildman–Crippen LogP) is 7.29. The zero-order valence-electron chi connectivity index (χ0n) is 21.6. The van der Waals surface area contributed by atoms with Crippen LogP contribution in [0.15, 0.2) is 46.8 Å². The molecule has 0 bridgehead atoms. The van der Waals surface area contributed by atoms with Gasteiger partial charge in [0.2, 0.25) is 11.4 Å². The maximum Gasteiger partial charge on any atom is 0.229 e. The molecule has 30 heavy (non-hydrogen) atoms. The molecule has 0 N–H and O–H groups in total. The summed E-state index contributed by atoms with van der Waals surface area (Å²) in [6, 6.07) is 7.86. The Labute approximate surface area is 183 Å². The summed E-state index contributed by atoms with van der Waals surface area (Å²) in [5.74, 6) is -0.937. The fourth-order valence-corrected chi connectivity index (χ4v) is 4.56. The fourth-order valence-electron chi connectivity index (χ4n) is 4.56. The highest BCUT2D eigenvalue weighted by Crippen LogP contribution is 2.41. The molecule has 0 saturated heterocycles. The van der Waals surface area contributed by atoms with Crippen molar-refractivity contribution in [2.75, 3.05) is 0 Å². The molecule has 0 aliphatic heterocycles. The van der Waals surface area contributed by atoms with Gasteiger partial charge in [0, 0.05) is 31.2 Å². The second-order valence-electron chi connectivity index (χ2n) is 8.21. The minimum Gasteiger partial charge on any atom is -0.466 e. The molecule has 1 aliphatic carbocycles. The lowest BCUT2D eigenvalue weighted by molar-refractivity contribution is -0.666. The number of aryl methyl sites for hydroxylation is 1. The van der Waals surface area contributed by atoms with Gasteiger partial charge in [-0.1, -0.05) is 49.6 Å². The van der Waals surface area contributed by atoms with Crippen LogP contribution in [0.4, 0.5) is 5.69 Å². The first-order valence-corrected chi connectivity index (χ1v) is 10.5. The van der Waals surface area contributed by atoms with E-state index in [-0.39, 0.29) is 18.1 Å².